The summed E-state index contributed by atoms with van der Waals surface area (Å²) in [5.41, 5.74) is 3.53. The first kappa shape index (κ1) is 16.8. The van der Waals surface area contributed by atoms with Crippen LogP contribution in [0.4, 0.5) is 0 Å². The van der Waals surface area contributed by atoms with E-state index in [1.54, 1.807) is 6.07 Å². The van der Waals surface area contributed by atoms with Crippen LogP contribution >= 0.6 is 0 Å². The molecule has 2 rings (SSSR count). The maximum atomic E-state index is 10.2. The molecule has 0 aromatic heterocycles. The number of aryl methyl sites for hydroxylation is 1. The maximum Gasteiger partial charge on any atom is 0.269 e. The molecule has 116 valence electrons. The van der Waals surface area contributed by atoms with E-state index in [4.69, 9.17) is 4.43 Å². The molecule has 0 saturated carbocycles. The molecule has 0 spiro atoms. The van der Waals surface area contributed by atoms with Crippen molar-refractivity contribution < 1.29 is 9.53 Å². The third kappa shape index (κ3) is 4.45. The first-order valence-electron chi connectivity index (χ1n) is 7.87. The van der Waals surface area contributed by atoms with Crippen molar-refractivity contribution in [3.05, 3.63) is 59.2 Å². The van der Waals surface area contributed by atoms with Crippen LogP contribution in [0.25, 0.3) is 0 Å². The third-order valence-electron chi connectivity index (χ3n) is 3.68. The molecule has 0 amide bonds. The standard InChI is InChI=1S/C19H24O2Si/c1-4-15-10-11-19(20)18(17(15)12-14(2)3)13-21-22-16-8-6-5-7-9-16/h5-11,14,20H,4,12-13H2,1-3H3. The molecule has 3 heteroatoms. The van der Waals surface area contributed by atoms with Gasteiger partial charge < -0.3 is 9.53 Å². The van der Waals surface area contributed by atoms with Crippen molar-refractivity contribution in [1.29, 1.82) is 0 Å². The van der Waals surface area contributed by atoms with Crippen LogP contribution in [0.5, 0.6) is 5.75 Å². The summed E-state index contributed by atoms with van der Waals surface area (Å²) in [6.07, 6.45) is 1.96. The maximum absolute atomic E-state index is 10.2. The molecule has 0 aliphatic heterocycles. The fourth-order valence-electron chi connectivity index (χ4n) is 2.58. The molecule has 0 fully saturated rings. The van der Waals surface area contributed by atoms with E-state index in [-0.39, 0.29) is 0 Å². The van der Waals surface area contributed by atoms with Gasteiger partial charge in [-0.25, -0.2) is 0 Å². The smallest absolute Gasteiger partial charge is 0.269 e. The first-order chi connectivity index (χ1) is 10.6. The van der Waals surface area contributed by atoms with E-state index in [1.807, 2.05) is 24.3 Å². The number of benzene rings is 2. The lowest BCUT2D eigenvalue weighted by Gasteiger charge is -2.17. The summed E-state index contributed by atoms with van der Waals surface area (Å²) in [5, 5.41) is 11.4. The highest BCUT2D eigenvalue weighted by molar-refractivity contribution is 6.46. The van der Waals surface area contributed by atoms with Crippen LogP contribution in [0.1, 0.15) is 37.5 Å². The number of phenolic OH excluding ortho intramolecular Hbond substituents is 1. The van der Waals surface area contributed by atoms with Gasteiger partial charge in [0.15, 0.2) is 0 Å². The second-order valence-electron chi connectivity index (χ2n) is 5.91. The number of hydrogen-bond acceptors (Lipinski definition) is 2. The summed E-state index contributed by atoms with van der Waals surface area (Å²) < 4.78 is 5.88. The van der Waals surface area contributed by atoms with Crippen LogP contribution < -0.4 is 5.19 Å². The minimum absolute atomic E-state index is 0.305. The van der Waals surface area contributed by atoms with Crippen molar-refractivity contribution in [2.45, 2.75) is 40.2 Å². The summed E-state index contributed by atoms with van der Waals surface area (Å²) >= 11 is 0. The lowest BCUT2D eigenvalue weighted by Crippen LogP contribution is -2.17. The van der Waals surface area contributed by atoms with E-state index >= 15 is 0 Å². The molecule has 2 radical (unpaired) electrons. The van der Waals surface area contributed by atoms with E-state index in [9.17, 15) is 5.11 Å². The zero-order valence-electron chi connectivity index (χ0n) is 13.6. The largest absolute Gasteiger partial charge is 0.508 e. The number of phenols is 1. The molecule has 0 heterocycles. The highest BCUT2D eigenvalue weighted by atomic mass is 28.2. The van der Waals surface area contributed by atoms with Crippen LogP contribution in [-0.4, -0.2) is 14.9 Å². The molecule has 2 aromatic carbocycles. The molecule has 0 unspecified atom stereocenters. The second kappa shape index (κ2) is 8.16. The van der Waals surface area contributed by atoms with Crippen molar-refractivity contribution in [2.24, 2.45) is 5.92 Å². The molecule has 0 aliphatic carbocycles. The number of rotatable bonds is 7. The van der Waals surface area contributed by atoms with Gasteiger partial charge in [0.05, 0.1) is 6.61 Å². The number of hydrogen-bond donors (Lipinski definition) is 1. The van der Waals surface area contributed by atoms with Crippen molar-refractivity contribution in [2.75, 3.05) is 0 Å². The lowest BCUT2D eigenvalue weighted by atomic mass is 9.92. The molecular weight excluding hydrogens is 288 g/mol. The van der Waals surface area contributed by atoms with Gasteiger partial charge in [0, 0.05) is 5.56 Å². The van der Waals surface area contributed by atoms with Crippen LogP contribution in [0.3, 0.4) is 0 Å². The molecular formula is C19H24O2Si. The van der Waals surface area contributed by atoms with Gasteiger partial charge in [-0.15, -0.1) is 0 Å². The zero-order chi connectivity index (χ0) is 15.9. The van der Waals surface area contributed by atoms with Gasteiger partial charge in [0.25, 0.3) is 9.76 Å². The zero-order valence-corrected chi connectivity index (χ0v) is 14.6. The Kier molecular flexibility index (Phi) is 6.22. The quantitative estimate of drug-likeness (QED) is 0.791. The van der Waals surface area contributed by atoms with Gasteiger partial charge in [0.1, 0.15) is 5.75 Å². The van der Waals surface area contributed by atoms with Crippen LogP contribution in [-0.2, 0) is 23.9 Å². The van der Waals surface area contributed by atoms with Crippen molar-refractivity contribution >= 4 is 14.9 Å². The third-order valence-corrected chi connectivity index (χ3v) is 4.53. The Bertz CT molecular complexity index is 594. The Labute approximate surface area is 136 Å². The minimum Gasteiger partial charge on any atom is -0.508 e. The van der Waals surface area contributed by atoms with Crippen molar-refractivity contribution in [3.8, 4) is 5.75 Å². The van der Waals surface area contributed by atoms with Crippen LogP contribution in [0, 0.1) is 5.92 Å². The van der Waals surface area contributed by atoms with E-state index in [1.165, 1.54) is 16.3 Å². The Morgan fingerprint density at radius 1 is 1.05 bits per heavy atom. The Hall–Kier alpha value is -1.58. The summed E-state index contributed by atoms with van der Waals surface area (Å²) in [4.78, 5) is 0. The number of aromatic hydroxyl groups is 1. The Morgan fingerprint density at radius 2 is 1.77 bits per heavy atom. The van der Waals surface area contributed by atoms with E-state index < -0.39 is 0 Å². The van der Waals surface area contributed by atoms with Crippen LogP contribution in [0.2, 0.25) is 0 Å². The van der Waals surface area contributed by atoms with E-state index in [0.717, 1.165) is 18.4 Å². The second-order valence-corrected chi connectivity index (χ2v) is 6.98. The molecule has 0 aliphatic rings. The molecule has 0 saturated heterocycles. The average molecular weight is 312 g/mol. The average Bonchev–Trinajstić information content (AvgIpc) is 2.51. The lowest BCUT2D eigenvalue weighted by molar-refractivity contribution is 0.318. The summed E-state index contributed by atoms with van der Waals surface area (Å²) in [6, 6.07) is 14.0. The SMILES string of the molecule is CCc1ccc(O)c(CO[Si]c2ccccc2)c1CC(C)C. The fourth-order valence-corrected chi connectivity index (χ4v) is 3.29. The molecule has 22 heavy (non-hydrogen) atoms. The predicted octanol–water partition coefficient (Wildman–Crippen LogP) is 3.61. The van der Waals surface area contributed by atoms with Gasteiger partial charge in [-0.05, 0) is 41.1 Å². The normalized spacial score (nSPS) is 11.1. The highest BCUT2D eigenvalue weighted by Crippen LogP contribution is 2.28. The summed E-state index contributed by atoms with van der Waals surface area (Å²) in [7, 11) is 0.305. The van der Waals surface area contributed by atoms with Gasteiger partial charge in [-0.1, -0.05) is 57.2 Å². The topological polar surface area (TPSA) is 29.5 Å². The van der Waals surface area contributed by atoms with E-state index in [0.29, 0.717) is 28.0 Å². The monoisotopic (exact) mass is 312 g/mol. The molecule has 0 bridgehead atoms. The van der Waals surface area contributed by atoms with Crippen molar-refractivity contribution in [1.82, 2.24) is 0 Å². The van der Waals surface area contributed by atoms with Gasteiger partial charge in [-0.3, -0.25) is 0 Å². The molecule has 0 atom stereocenters. The molecule has 2 nitrogen and oxygen atoms in total. The summed E-state index contributed by atoms with van der Waals surface area (Å²) in [6.45, 7) is 7.04. The highest BCUT2D eigenvalue weighted by Gasteiger charge is 2.14. The van der Waals surface area contributed by atoms with Gasteiger partial charge in [0.2, 0.25) is 0 Å². The molecule has 2 aromatic rings. The Morgan fingerprint density at radius 3 is 2.41 bits per heavy atom. The Balaban J connectivity index is 2.14. The molecule has 1 N–H and O–H groups in total. The van der Waals surface area contributed by atoms with Crippen LogP contribution in [0.15, 0.2) is 42.5 Å². The van der Waals surface area contributed by atoms with Gasteiger partial charge >= 0.3 is 0 Å². The predicted molar refractivity (Wildman–Crippen MR) is 92.6 cm³/mol. The van der Waals surface area contributed by atoms with Crippen molar-refractivity contribution in [3.63, 3.8) is 0 Å². The van der Waals surface area contributed by atoms with E-state index in [2.05, 4.69) is 32.9 Å². The summed E-state index contributed by atoms with van der Waals surface area (Å²) in [5.74, 6) is 0.910. The fraction of sp³-hybridized carbons (Fsp3) is 0.368. The van der Waals surface area contributed by atoms with Gasteiger partial charge in [-0.2, -0.15) is 0 Å². The minimum atomic E-state index is 0.305. The first-order valence-corrected chi connectivity index (χ1v) is 8.78.